The molecule has 2 aliphatic carbocycles. The molecule has 1 aromatic carbocycles. The number of fused-ring (bicyclic) bond motifs is 3. The Hall–Kier alpha value is -2.03. The summed E-state index contributed by atoms with van der Waals surface area (Å²) in [5.41, 5.74) is 0.483. The van der Waals surface area contributed by atoms with Gasteiger partial charge in [0, 0.05) is 25.0 Å². The number of phenolic OH excluding ortho intramolecular Hbond substituents is 1. The lowest BCUT2D eigenvalue weighted by Crippen LogP contribution is -2.54. The minimum atomic E-state index is -1.64. The molecular formula is C24H30FNO6. The normalized spacial score (nSPS) is 37.6. The molecule has 1 aromatic rings. The number of methoxy groups -OCH3 is 1. The van der Waals surface area contributed by atoms with Gasteiger partial charge in [-0.1, -0.05) is 25.3 Å². The van der Waals surface area contributed by atoms with Gasteiger partial charge in [0.1, 0.15) is 0 Å². The summed E-state index contributed by atoms with van der Waals surface area (Å²) in [5.74, 6) is -5.41. The van der Waals surface area contributed by atoms with E-state index in [9.17, 15) is 24.2 Å². The zero-order valence-electron chi connectivity index (χ0n) is 18.2. The summed E-state index contributed by atoms with van der Waals surface area (Å²) in [6.07, 6.45) is 4.76. The third-order valence-corrected chi connectivity index (χ3v) is 8.05. The fourth-order valence-electron chi connectivity index (χ4n) is 6.53. The Morgan fingerprint density at radius 3 is 2.62 bits per heavy atom. The highest BCUT2D eigenvalue weighted by molar-refractivity contribution is 6.05. The predicted octanol–water partition coefficient (Wildman–Crippen LogP) is 2.90. The molecule has 2 amide bonds. The van der Waals surface area contributed by atoms with E-state index in [-0.39, 0.29) is 24.5 Å². The van der Waals surface area contributed by atoms with Gasteiger partial charge in [0.2, 0.25) is 11.8 Å². The van der Waals surface area contributed by atoms with Crippen LogP contribution in [0.3, 0.4) is 0 Å². The second kappa shape index (κ2) is 8.08. The molecule has 2 heterocycles. The van der Waals surface area contributed by atoms with E-state index in [0.717, 1.165) is 32.1 Å². The molecule has 2 saturated carbocycles. The van der Waals surface area contributed by atoms with Crippen LogP contribution in [0.5, 0.6) is 5.75 Å². The van der Waals surface area contributed by atoms with Crippen LogP contribution >= 0.6 is 0 Å². The van der Waals surface area contributed by atoms with E-state index in [2.05, 4.69) is 0 Å². The molecule has 32 heavy (non-hydrogen) atoms. The number of rotatable bonds is 4. The number of amides is 2. The van der Waals surface area contributed by atoms with Crippen molar-refractivity contribution >= 4 is 11.8 Å². The fraction of sp³-hybridized carbons (Fsp3) is 0.667. The molecule has 4 aliphatic rings. The van der Waals surface area contributed by atoms with E-state index in [1.807, 2.05) is 0 Å². The monoisotopic (exact) mass is 447 g/mol. The van der Waals surface area contributed by atoms with Crippen LogP contribution in [0, 0.1) is 29.5 Å². The van der Waals surface area contributed by atoms with Gasteiger partial charge in [-0.3, -0.25) is 14.5 Å². The Kier molecular flexibility index (Phi) is 5.50. The molecule has 8 heteroatoms. The second-order valence-corrected chi connectivity index (χ2v) is 9.77. The van der Waals surface area contributed by atoms with Crippen LogP contribution in [0.25, 0.3) is 0 Å². The molecule has 0 bridgehead atoms. The van der Waals surface area contributed by atoms with Crippen LogP contribution in [0.15, 0.2) is 18.2 Å². The van der Waals surface area contributed by atoms with Crippen molar-refractivity contribution in [3.05, 3.63) is 29.6 Å². The summed E-state index contributed by atoms with van der Waals surface area (Å²) >= 11 is 0. The molecule has 6 atom stereocenters. The number of nitrogens with zero attached hydrogens (tertiary/aromatic N) is 1. The number of ether oxygens (including phenoxy) is 2. The summed E-state index contributed by atoms with van der Waals surface area (Å²) in [4.78, 5) is 28.4. The van der Waals surface area contributed by atoms with Crippen molar-refractivity contribution in [1.82, 2.24) is 4.90 Å². The summed E-state index contributed by atoms with van der Waals surface area (Å²) in [5, 5.41) is 21.2. The first kappa shape index (κ1) is 21.8. The van der Waals surface area contributed by atoms with Gasteiger partial charge < -0.3 is 19.7 Å². The molecular weight excluding hydrogens is 417 g/mol. The van der Waals surface area contributed by atoms with Crippen molar-refractivity contribution in [2.45, 2.75) is 62.9 Å². The zero-order chi connectivity index (χ0) is 22.6. The van der Waals surface area contributed by atoms with Gasteiger partial charge in [-0.25, -0.2) is 4.39 Å². The first-order valence-corrected chi connectivity index (χ1v) is 11.6. The van der Waals surface area contributed by atoms with E-state index in [1.165, 1.54) is 24.1 Å². The Morgan fingerprint density at radius 2 is 1.94 bits per heavy atom. The van der Waals surface area contributed by atoms with Crippen LogP contribution in [-0.2, 0) is 19.1 Å². The van der Waals surface area contributed by atoms with Crippen molar-refractivity contribution in [1.29, 1.82) is 0 Å². The van der Waals surface area contributed by atoms with Crippen LogP contribution < -0.4 is 0 Å². The molecule has 0 spiro atoms. The Labute approximate surface area is 186 Å². The van der Waals surface area contributed by atoms with Gasteiger partial charge in [-0.2, -0.15) is 0 Å². The van der Waals surface area contributed by atoms with Gasteiger partial charge in [0.15, 0.2) is 17.4 Å². The number of hydrogen-bond donors (Lipinski definition) is 2. The van der Waals surface area contributed by atoms with Gasteiger partial charge in [0.05, 0.1) is 24.5 Å². The average molecular weight is 448 g/mol. The number of aromatic hydroxyl groups is 1. The zero-order valence-corrected chi connectivity index (χ0v) is 18.2. The molecule has 0 unspecified atom stereocenters. The van der Waals surface area contributed by atoms with Crippen molar-refractivity contribution in [2.75, 3.05) is 13.7 Å². The largest absolute Gasteiger partial charge is 0.505 e. The van der Waals surface area contributed by atoms with E-state index in [1.54, 1.807) is 6.07 Å². The number of likely N-dealkylation sites (tertiary alicyclic amines) is 1. The lowest BCUT2D eigenvalue weighted by Gasteiger charge is -2.44. The Morgan fingerprint density at radius 1 is 1.19 bits per heavy atom. The lowest BCUT2D eigenvalue weighted by molar-refractivity contribution is -0.275. The standard InChI is InChI=1S/C24H30FNO6/c1-31-12-14-10-16-21(23(29)26(22(16)28)15-5-3-2-4-6-15)17-11-20(32-24(14,17)30)13-7-8-19(27)18(25)9-13/h7-9,14-17,20-21,27,30H,2-6,10-12H2,1H3/t14-,16+,17+,20+,21+,24-/m1/s1. The maximum Gasteiger partial charge on any atom is 0.233 e. The van der Waals surface area contributed by atoms with Gasteiger partial charge in [-0.15, -0.1) is 0 Å². The number of halogens is 1. The van der Waals surface area contributed by atoms with Crippen molar-refractivity contribution in [3.8, 4) is 5.75 Å². The van der Waals surface area contributed by atoms with Crippen LogP contribution in [0.1, 0.15) is 56.6 Å². The fourth-order valence-corrected chi connectivity index (χ4v) is 6.53. The molecule has 7 nitrogen and oxygen atoms in total. The number of carbonyl (C=O) groups excluding carboxylic acids is 2. The quantitative estimate of drug-likeness (QED) is 0.689. The molecule has 4 fully saturated rings. The van der Waals surface area contributed by atoms with Gasteiger partial charge in [0.25, 0.3) is 0 Å². The number of imide groups is 1. The predicted molar refractivity (Wildman–Crippen MR) is 111 cm³/mol. The summed E-state index contributed by atoms with van der Waals surface area (Å²) in [7, 11) is 1.53. The highest BCUT2D eigenvalue weighted by Crippen LogP contribution is 2.58. The minimum Gasteiger partial charge on any atom is -0.505 e. The molecule has 0 radical (unpaired) electrons. The number of benzene rings is 1. The second-order valence-electron chi connectivity index (χ2n) is 9.77. The summed E-state index contributed by atoms with van der Waals surface area (Å²) in [6, 6.07) is 3.94. The first-order valence-electron chi connectivity index (χ1n) is 11.6. The lowest BCUT2D eigenvalue weighted by atomic mass is 9.64. The van der Waals surface area contributed by atoms with E-state index >= 15 is 0 Å². The van der Waals surface area contributed by atoms with Gasteiger partial charge in [-0.05, 0) is 43.4 Å². The van der Waals surface area contributed by atoms with E-state index < -0.39 is 47.1 Å². The molecule has 2 saturated heterocycles. The summed E-state index contributed by atoms with van der Waals surface area (Å²) < 4.78 is 25.4. The molecule has 5 rings (SSSR count). The number of aliphatic hydroxyl groups is 1. The molecule has 2 aliphatic heterocycles. The molecule has 0 aromatic heterocycles. The third-order valence-electron chi connectivity index (χ3n) is 8.05. The van der Waals surface area contributed by atoms with E-state index in [4.69, 9.17) is 9.47 Å². The van der Waals surface area contributed by atoms with Crippen LogP contribution in [0.4, 0.5) is 4.39 Å². The van der Waals surface area contributed by atoms with Crippen LogP contribution in [-0.4, -0.2) is 52.5 Å². The molecule has 174 valence electrons. The van der Waals surface area contributed by atoms with Crippen molar-refractivity contribution in [3.63, 3.8) is 0 Å². The topological polar surface area (TPSA) is 96.3 Å². The minimum absolute atomic E-state index is 0.0624. The van der Waals surface area contributed by atoms with Gasteiger partial charge >= 0.3 is 0 Å². The number of phenols is 1. The van der Waals surface area contributed by atoms with Crippen LogP contribution in [0.2, 0.25) is 0 Å². The maximum atomic E-state index is 14.0. The average Bonchev–Trinajstić information content (AvgIpc) is 3.26. The Balaban J connectivity index is 1.48. The third kappa shape index (κ3) is 3.26. The maximum absolute atomic E-state index is 14.0. The summed E-state index contributed by atoms with van der Waals surface area (Å²) in [6.45, 7) is 0.192. The number of carbonyl (C=O) groups is 2. The molecule has 2 N–H and O–H groups in total. The smallest absolute Gasteiger partial charge is 0.233 e. The highest BCUT2D eigenvalue weighted by atomic mass is 19.1. The Bertz CT molecular complexity index is 918. The number of hydrogen-bond acceptors (Lipinski definition) is 6. The van der Waals surface area contributed by atoms with Crippen molar-refractivity contribution < 1.29 is 33.7 Å². The SMILES string of the molecule is COC[C@H]1C[C@@H]2C(=O)N(C3CCCCC3)C(=O)[C@@H]2[C@@H]2C[C@@H](c3ccc(O)c(F)c3)O[C@]12O. The van der Waals surface area contributed by atoms with Crippen molar-refractivity contribution in [2.24, 2.45) is 23.7 Å². The highest BCUT2D eigenvalue weighted by Gasteiger charge is 2.67. The first-order chi connectivity index (χ1) is 15.3. The van der Waals surface area contributed by atoms with E-state index in [0.29, 0.717) is 18.4 Å².